The van der Waals surface area contributed by atoms with E-state index in [1.54, 1.807) is 47.2 Å². The summed E-state index contributed by atoms with van der Waals surface area (Å²) in [6, 6.07) is 11.9. The summed E-state index contributed by atoms with van der Waals surface area (Å²) < 4.78 is 45.6. The number of hydrogen-bond acceptors (Lipinski definition) is 4. The Labute approximate surface area is 170 Å². The molecule has 0 aliphatic carbocycles. The Hall–Kier alpha value is -3.20. The molecule has 0 bridgehead atoms. The van der Waals surface area contributed by atoms with Gasteiger partial charge in [-0.3, -0.25) is 9.48 Å². The number of alkyl halides is 3. The molecule has 1 atom stereocenters. The fourth-order valence-electron chi connectivity index (χ4n) is 3.34. The van der Waals surface area contributed by atoms with Crippen molar-refractivity contribution in [2.75, 3.05) is 19.7 Å². The minimum absolute atomic E-state index is 0.157. The number of carbonyl (C=O) groups excluding carboxylic acids is 1. The van der Waals surface area contributed by atoms with Crippen molar-refractivity contribution in [2.45, 2.75) is 12.3 Å². The molecule has 1 fully saturated rings. The van der Waals surface area contributed by atoms with Gasteiger partial charge in [0.2, 0.25) is 0 Å². The first-order chi connectivity index (χ1) is 14.3. The van der Waals surface area contributed by atoms with Gasteiger partial charge < -0.3 is 9.64 Å². The van der Waals surface area contributed by atoms with E-state index >= 15 is 0 Å². The standard InChI is InChI=1S/C21H19F3N4O2/c1-27-13-25-19(26-27)15-2-4-16(5-3-15)20(29)28-10-11-30-18(12-28)14-6-8-17(9-7-14)21(22,23)24/h2-9,13,18H,10-12H2,1H3. The number of amides is 1. The van der Waals surface area contributed by atoms with Crippen LogP contribution < -0.4 is 0 Å². The summed E-state index contributed by atoms with van der Waals surface area (Å²) in [6.45, 7) is 1.00. The molecule has 1 unspecified atom stereocenters. The summed E-state index contributed by atoms with van der Waals surface area (Å²) in [5.74, 6) is 0.418. The molecule has 9 heteroatoms. The summed E-state index contributed by atoms with van der Waals surface area (Å²) >= 11 is 0. The lowest BCUT2D eigenvalue weighted by molar-refractivity contribution is -0.137. The van der Waals surface area contributed by atoms with Crippen LogP contribution in [-0.4, -0.2) is 45.3 Å². The van der Waals surface area contributed by atoms with Gasteiger partial charge in [0.15, 0.2) is 5.82 Å². The average molecular weight is 416 g/mol. The van der Waals surface area contributed by atoms with Crippen LogP contribution in [-0.2, 0) is 18.0 Å². The number of halogens is 3. The number of carbonyl (C=O) groups is 1. The van der Waals surface area contributed by atoms with Crippen molar-refractivity contribution in [3.8, 4) is 11.4 Å². The number of aromatic nitrogens is 3. The van der Waals surface area contributed by atoms with E-state index in [2.05, 4.69) is 10.1 Å². The maximum atomic E-state index is 12.9. The molecule has 1 aromatic heterocycles. The van der Waals surface area contributed by atoms with Gasteiger partial charge in [-0.05, 0) is 29.8 Å². The van der Waals surface area contributed by atoms with Crippen molar-refractivity contribution in [1.29, 1.82) is 0 Å². The molecule has 0 saturated carbocycles. The van der Waals surface area contributed by atoms with Crippen molar-refractivity contribution in [2.24, 2.45) is 7.05 Å². The van der Waals surface area contributed by atoms with Crippen LogP contribution in [0, 0.1) is 0 Å². The second-order valence-corrected chi connectivity index (χ2v) is 7.05. The first kappa shape index (κ1) is 20.1. The van der Waals surface area contributed by atoms with Crippen LogP contribution >= 0.6 is 0 Å². The van der Waals surface area contributed by atoms with Gasteiger partial charge in [0.25, 0.3) is 5.91 Å². The first-order valence-corrected chi connectivity index (χ1v) is 9.35. The van der Waals surface area contributed by atoms with Crippen LogP contribution in [0.5, 0.6) is 0 Å². The number of nitrogens with zero attached hydrogens (tertiary/aromatic N) is 4. The lowest BCUT2D eigenvalue weighted by atomic mass is 10.0. The molecule has 1 amide bonds. The van der Waals surface area contributed by atoms with Crippen molar-refractivity contribution in [1.82, 2.24) is 19.7 Å². The number of ether oxygens (including phenoxy) is 1. The predicted molar refractivity (Wildman–Crippen MR) is 102 cm³/mol. The molecule has 0 N–H and O–H groups in total. The molecule has 3 aromatic rings. The molecular weight excluding hydrogens is 397 g/mol. The average Bonchev–Trinajstić information content (AvgIpc) is 3.19. The second-order valence-electron chi connectivity index (χ2n) is 7.05. The van der Waals surface area contributed by atoms with Gasteiger partial charge in [0, 0.05) is 24.7 Å². The van der Waals surface area contributed by atoms with E-state index in [0.29, 0.717) is 30.1 Å². The summed E-state index contributed by atoms with van der Waals surface area (Å²) in [6.07, 6.45) is -3.25. The van der Waals surface area contributed by atoms with Crippen LogP contribution in [0.25, 0.3) is 11.4 Å². The minimum Gasteiger partial charge on any atom is -0.370 e. The third kappa shape index (κ3) is 4.20. The fraction of sp³-hybridized carbons (Fsp3) is 0.286. The summed E-state index contributed by atoms with van der Waals surface area (Å²) in [7, 11) is 1.78. The van der Waals surface area contributed by atoms with Crippen LogP contribution in [0.3, 0.4) is 0 Å². The number of morpholine rings is 1. The van der Waals surface area contributed by atoms with Gasteiger partial charge in [-0.1, -0.05) is 24.3 Å². The van der Waals surface area contributed by atoms with E-state index < -0.39 is 17.8 Å². The third-order valence-electron chi connectivity index (χ3n) is 4.95. The molecular formula is C21H19F3N4O2. The molecule has 1 aliphatic heterocycles. The zero-order valence-electron chi connectivity index (χ0n) is 16.1. The molecule has 1 saturated heterocycles. The van der Waals surface area contributed by atoms with Gasteiger partial charge in [-0.2, -0.15) is 18.3 Å². The largest absolute Gasteiger partial charge is 0.416 e. The lowest BCUT2D eigenvalue weighted by Gasteiger charge is -2.33. The number of benzene rings is 2. The topological polar surface area (TPSA) is 60.2 Å². The van der Waals surface area contributed by atoms with Crippen molar-refractivity contribution in [3.63, 3.8) is 0 Å². The highest BCUT2D eigenvalue weighted by molar-refractivity contribution is 5.94. The van der Waals surface area contributed by atoms with E-state index in [-0.39, 0.29) is 12.5 Å². The Morgan fingerprint density at radius 2 is 1.80 bits per heavy atom. The van der Waals surface area contributed by atoms with Gasteiger partial charge in [-0.15, -0.1) is 0 Å². The fourth-order valence-corrected chi connectivity index (χ4v) is 3.34. The Morgan fingerprint density at radius 3 is 2.40 bits per heavy atom. The summed E-state index contributed by atoms with van der Waals surface area (Å²) in [5, 5.41) is 4.23. The van der Waals surface area contributed by atoms with Crippen LogP contribution in [0.1, 0.15) is 27.6 Å². The van der Waals surface area contributed by atoms with E-state index in [4.69, 9.17) is 4.74 Å². The Balaban J connectivity index is 1.45. The minimum atomic E-state index is -4.38. The quantitative estimate of drug-likeness (QED) is 0.653. The van der Waals surface area contributed by atoms with Crippen LogP contribution in [0.4, 0.5) is 13.2 Å². The van der Waals surface area contributed by atoms with Gasteiger partial charge in [0.05, 0.1) is 18.7 Å². The monoisotopic (exact) mass is 416 g/mol. The maximum absolute atomic E-state index is 12.9. The summed E-state index contributed by atoms with van der Waals surface area (Å²) in [5.41, 5.74) is 1.22. The molecule has 2 heterocycles. The van der Waals surface area contributed by atoms with Crippen molar-refractivity contribution < 1.29 is 22.7 Å². The van der Waals surface area contributed by atoms with Gasteiger partial charge in [0.1, 0.15) is 12.4 Å². The Morgan fingerprint density at radius 1 is 1.10 bits per heavy atom. The maximum Gasteiger partial charge on any atom is 0.416 e. The predicted octanol–water partition coefficient (Wildman–Crippen LogP) is 3.71. The highest BCUT2D eigenvalue weighted by Gasteiger charge is 2.31. The van der Waals surface area contributed by atoms with E-state index in [0.717, 1.165) is 17.7 Å². The Kier molecular flexibility index (Phi) is 5.29. The third-order valence-corrected chi connectivity index (χ3v) is 4.95. The molecule has 1 aliphatic rings. The highest BCUT2D eigenvalue weighted by Crippen LogP contribution is 2.31. The molecule has 0 radical (unpaired) electrons. The smallest absolute Gasteiger partial charge is 0.370 e. The molecule has 4 rings (SSSR count). The molecule has 2 aromatic carbocycles. The van der Waals surface area contributed by atoms with Crippen molar-refractivity contribution in [3.05, 3.63) is 71.5 Å². The van der Waals surface area contributed by atoms with Crippen LogP contribution in [0.2, 0.25) is 0 Å². The number of rotatable bonds is 3. The number of aryl methyl sites for hydroxylation is 1. The Bertz CT molecular complexity index is 1030. The normalized spacial score (nSPS) is 17.2. The van der Waals surface area contributed by atoms with Gasteiger partial charge >= 0.3 is 6.18 Å². The van der Waals surface area contributed by atoms with E-state index in [1.807, 2.05) is 0 Å². The molecule has 6 nitrogen and oxygen atoms in total. The first-order valence-electron chi connectivity index (χ1n) is 9.35. The number of hydrogen-bond donors (Lipinski definition) is 0. The molecule has 156 valence electrons. The lowest BCUT2D eigenvalue weighted by Crippen LogP contribution is -2.42. The SMILES string of the molecule is Cn1cnc(-c2ccc(C(=O)N3CCOC(c4ccc(C(F)(F)F)cc4)C3)cc2)n1. The highest BCUT2D eigenvalue weighted by atomic mass is 19.4. The zero-order valence-corrected chi connectivity index (χ0v) is 16.1. The molecule has 30 heavy (non-hydrogen) atoms. The summed E-state index contributed by atoms with van der Waals surface area (Å²) in [4.78, 5) is 18.7. The molecule has 0 spiro atoms. The van der Waals surface area contributed by atoms with Crippen LogP contribution in [0.15, 0.2) is 54.9 Å². The van der Waals surface area contributed by atoms with Gasteiger partial charge in [-0.25, -0.2) is 4.98 Å². The van der Waals surface area contributed by atoms with Crippen molar-refractivity contribution >= 4 is 5.91 Å². The second kappa shape index (κ2) is 7.91. The zero-order chi connectivity index (χ0) is 21.3. The van der Waals surface area contributed by atoms with E-state index in [1.165, 1.54) is 12.1 Å². The van der Waals surface area contributed by atoms with E-state index in [9.17, 15) is 18.0 Å².